The van der Waals surface area contributed by atoms with E-state index in [1.54, 1.807) is 24.3 Å². The van der Waals surface area contributed by atoms with Gasteiger partial charge in [0, 0.05) is 36.2 Å². The number of rotatable bonds is 9. The van der Waals surface area contributed by atoms with Crippen molar-refractivity contribution in [3.05, 3.63) is 70.4 Å². The minimum Gasteiger partial charge on any atom is -0.475 e. The van der Waals surface area contributed by atoms with E-state index < -0.39 is 11.6 Å². The number of nitrogen functional groups attached to an aromatic ring is 1. The fraction of sp³-hybridized carbons (Fsp3) is 0.320. The number of carbonyl (C=O) groups is 1. The Kier molecular flexibility index (Phi) is 8.09. The van der Waals surface area contributed by atoms with E-state index >= 15 is 0 Å². The van der Waals surface area contributed by atoms with Crippen molar-refractivity contribution in [2.45, 2.75) is 19.3 Å². The van der Waals surface area contributed by atoms with Crippen LogP contribution in [0.1, 0.15) is 28.8 Å². The van der Waals surface area contributed by atoms with Crippen LogP contribution < -0.4 is 15.8 Å². The van der Waals surface area contributed by atoms with Crippen LogP contribution in [-0.2, 0) is 6.42 Å². The highest BCUT2D eigenvalue weighted by Crippen LogP contribution is 2.26. The zero-order valence-electron chi connectivity index (χ0n) is 19.1. The summed E-state index contributed by atoms with van der Waals surface area (Å²) >= 11 is 5.86. The Morgan fingerprint density at radius 2 is 1.94 bits per heavy atom. The van der Waals surface area contributed by atoms with E-state index in [1.165, 1.54) is 19.0 Å². The van der Waals surface area contributed by atoms with Crippen LogP contribution in [0, 0.1) is 11.6 Å². The van der Waals surface area contributed by atoms with Gasteiger partial charge in [-0.25, -0.2) is 18.7 Å². The summed E-state index contributed by atoms with van der Waals surface area (Å²) in [4.78, 5) is 23.5. The number of amides is 1. The number of hydrogen-bond acceptors (Lipinski definition) is 6. The first-order valence-electron chi connectivity index (χ1n) is 11.4. The van der Waals surface area contributed by atoms with E-state index in [1.807, 2.05) is 0 Å². The van der Waals surface area contributed by atoms with E-state index in [9.17, 15) is 13.6 Å². The quantitative estimate of drug-likeness (QED) is 0.429. The summed E-state index contributed by atoms with van der Waals surface area (Å²) in [5.41, 5.74) is 7.52. The van der Waals surface area contributed by atoms with Gasteiger partial charge in [-0.3, -0.25) is 4.79 Å². The van der Waals surface area contributed by atoms with Gasteiger partial charge in [0.05, 0.1) is 23.5 Å². The molecule has 0 unspecified atom stereocenters. The SMILES string of the molecule is Nc1ncc(-c2cccc(C(=O)NCCN3CCCC3)c2)nc1OCCc1c(F)ccc(F)c1Cl. The monoisotopic (exact) mass is 501 g/mol. The Bertz CT molecular complexity index is 1200. The topological polar surface area (TPSA) is 93.4 Å². The highest BCUT2D eigenvalue weighted by molar-refractivity contribution is 6.31. The summed E-state index contributed by atoms with van der Waals surface area (Å²) in [7, 11) is 0. The molecule has 1 aliphatic heterocycles. The lowest BCUT2D eigenvalue weighted by Gasteiger charge is -2.15. The van der Waals surface area contributed by atoms with Crippen molar-refractivity contribution in [2.24, 2.45) is 0 Å². The number of carbonyl (C=O) groups excluding carboxylic acids is 1. The number of nitrogens with one attached hydrogen (secondary N) is 1. The number of nitrogens with zero attached hydrogens (tertiary/aromatic N) is 3. The van der Waals surface area contributed by atoms with Crippen LogP contribution in [0.2, 0.25) is 5.02 Å². The molecule has 7 nitrogen and oxygen atoms in total. The summed E-state index contributed by atoms with van der Waals surface area (Å²) in [5, 5.41) is 2.67. The Labute approximate surface area is 207 Å². The summed E-state index contributed by atoms with van der Waals surface area (Å²) in [6, 6.07) is 8.99. The number of aromatic nitrogens is 2. The molecule has 184 valence electrons. The molecule has 10 heteroatoms. The van der Waals surface area contributed by atoms with Gasteiger partial charge in [-0.15, -0.1) is 0 Å². The van der Waals surface area contributed by atoms with E-state index in [2.05, 4.69) is 20.2 Å². The van der Waals surface area contributed by atoms with Gasteiger partial charge in [0.15, 0.2) is 5.82 Å². The van der Waals surface area contributed by atoms with Crippen LogP contribution in [0.5, 0.6) is 5.88 Å². The average Bonchev–Trinajstić information content (AvgIpc) is 3.38. The molecule has 2 heterocycles. The van der Waals surface area contributed by atoms with Gasteiger partial charge < -0.3 is 20.7 Å². The molecule has 1 fully saturated rings. The molecule has 2 aromatic carbocycles. The van der Waals surface area contributed by atoms with Crippen molar-refractivity contribution >= 4 is 23.3 Å². The number of hydrogen-bond donors (Lipinski definition) is 2. The first-order valence-corrected chi connectivity index (χ1v) is 11.8. The minimum atomic E-state index is -0.704. The molecule has 0 bridgehead atoms. The molecule has 35 heavy (non-hydrogen) atoms. The second kappa shape index (κ2) is 11.4. The summed E-state index contributed by atoms with van der Waals surface area (Å²) in [6.07, 6.45) is 3.91. The van der Waals surface area contributed by atoms with E-state index in [0.717, 1.165) is 31.8 Å². The van der Waals surface area contributed by atoms with Crippen molar-refractivity contribution in [1.82, 2.24) is 20.2 Å². The van der Waals surface area contributed by atoms with Crippen LogP contribution in [0.25, 0.3) is 11.3 Å². The number of halogens is 3. The lowest BCUT2D eigenvalue weighted by atomic mass is 10.1. The number of anilines is 1. The van der Waals surface area contributed by atoms with Gasteiger partial charge in [-0.2, -0.15) is 0 Å². The van der Waals surface area contributed by atoms with E-state index in [-0.39, 0.29) is 41.2 Å². The molecule has 1 amide bonds. The predicted molar refractivity (Wildman–Crippen MR) is 130 cm³/mol. The molecule has 1 aliphatic rings. The minimum absolute atomic E-state index is 0.0118. The maximum absolute atomic E-state index is 14.0. The Morgan fingerprint density at radius 1 is 1.17 bits per heavy atom. The molecule has 0 radical (unpaired) electrons. The van der Waals surface area contributed by atoms with Gasteiger partial charge in [-0.05, 0) is 50.2 Å². The Morgan fingerprint density at radius 3 is 2.74 bits per heavy atom. The van der Waals surface area contributed by atoms with Crippen molar-refractivity contribution in [3.63, 3.8) is 0 Å². The zero-order chi connectivity index (χ0) is 24.8. The molecule has 4 rings (SSSR count). The van der Waals surface area contributed by atoms with E-state index in [4.69, 9.17) is 22.1 Å². The second-order valence-electron chi connectivity index (χ2n) is 8.25. The first kappa shape index (κ1) is 24.8. The number of benzene rings is 2. The molecule has 3 N–H and O–H groups in total. The van der Waals surface area contributed by atoms with Crippen LogP contribution in [0.15, 0.2) is 42.6 Å². The third-order valence-electron chi connectivity index (χ3n) is 5.83. The first-order chi connectivity index (χ1) is 16.9. The summed E-state index contributed by atoms with van der Waals surface area (Å²) < 4.78 is 33.2. The molecular weight excluding hydrogens is 476 g/mol. The van der Waals surface area contributed by atoms with Crippen LogP contribution in [-0.4, -0.2) is 53.6 Å². The molecule has 3 aromatic rings. The highest BCUT2D eigenvalue weighted by Gasteiger charge is 2.15. The van der Waals surface area contributed by atoms with Crippen molar-refractivity contribution in [1.29, 1.82) is 0 Å². The normalized spacial score (nSPS) is 13.7. The molecule has 1 saturated heterocycles. The Balaban J connectivity index is 1.40. The number of nitrogens with two attached hydrogens (primary N) is 1. The standard InChI is InChI=1S/C25H26ClF2N5O2/c26-22-18(19(27)6-7-20(22)28)8-13-35-25-23(29)31-15-21(32-25)16-4-3-5-17(14-16)24(34)30-9-12-33-10-1-2-11-33/h3-7,14-15H,1-2,8-13H2,(H2,29,31)(H,30,34). The van der Waals surface area contributed by atoms with Gasteiger partial charge in [0.1, 0.15) is 11.6 Å². The third-order valence-corrected chi connectivity index (χ3v) is 6.24. The maximum Gasteiger partial charge on any atom is 0.257 e. The van der Waals surface area contributed by atoms with Crippen molar-refractivity contribution in [2.75, 3.05) is 38.5 Å². The van der Waals surface area contributed by atoms with E-state index in [0.29, 0.717) is 23.4 Å². The van der Waals surface area contributed by atoms with Crippen molar-refractivity contribution in [3.8, 4) is 17.1 Å². The average molecular weight is 502 g/mol. The zero-order valence-corrected chi connectivity index (χ0v) is 19.8. The van der Waals surface area contributed by atoms with Crippen molar-refractivity contribution < 1.29 is 18.3 Å². The summed E-state index contributed by atoms with van der Waals surface area (Å²) in [5.74, 6) is -1.39. The van der Waals surface area contributed by atoms with Gasteiger partial charge in [0.2, 0.25) is 0 Å². The predicted octanol–water partition coefficient (Wildman–Crippen LogP) is 4.10. The molecule has 0 spiro atoms. The number of ether oxygens (including phenoxy) is 1. The Hall–Kier alpha value is -3.30. The fourth-order valence-corrected chi connectivity index (χ4v) is 4.18. The third kappa shape index (κ3) is 6.23. The maximum atomic E-state index is 14.0. The molecular formula is C25H26ClF2N5O2. The highest BCUT2D eigenvalue weighted by atomic mass is 35.5. The summed E-state index contributed by atoms with van der Waals surface area (Å²) in [6.45, 7) is 3.53. The van der Waals surface area contributed by atoms with Gasteiger partial charge in [-0.1, -0.05) is 23.7 Å². The molecule has 0 saturated carbocycles. The molecule has 0 aliphatic carbocycles. The number of likely N-dealkylation sites (tertiary alicyclic amines) is 1. The molecule has 1 aromatic heterocycles. The lowest BCUT2D eigenvalue weighted by Crippen LogP contribution is -2.33. The molecule has 0 atom stereocenters. The van der Waals surface area contributed by atoms with Gasteiger partial charge >= 0.3 is 0 Å². The lowest BCUT2D eigenvalue weighted by molar-refractivity contribution is 0.0950. The fourth-order valence-electron chi connectivity index (χ4n) is 3.93. The van der Waals surface area contributed by atoms with Crippen LogP contribution in [0.4, 0.5) is 14.6 Å². The second-order valence-corrected chi connectivity index (χ2v) is 8.63. The largest absolute Gasteiger partial charge is 0.475 e. The smallest absolute Gasteiger partial charge is 0.257 e. The van der Waals surface area contributed by atoms with Crippen LogP contribution >= 0.6 is 11.6 Å². The van der Waals surface area contributed by atoms with Crippen LogP contribution in [0.3, 0.4) is 0 Å². The van der Waals surface area contributed by atoms with Gasteiger partial charge in [0.25, 0.3) is 11.8 Å².